The van der Waals surface area contributed by atoms with Gasteiger partial charge in [-0.2, -0.15) is 13.2 Å². The zero-order valence-corrected chi connectivity index (χ0v) is 12.8. The van der Waals surface area contributed by atoms with Crippen molar-refractivity contribution in [2.24, 2.45) is 5.92 Å². The van der Waals surface area contributed by atoms with Gasteiger partial charge in [0, 0.05) is 19.5 Å². The molecule has 1 unspecified atom stereocenters. The van der Waals surface area contributed by atoms with Crippen LogP contribution in [-0.2, 0) is 11.0 Å². The highest BCUT2D eigenvalue weighted by Crippen LogP contribution is 2.33. The van der Waals surface area contributed by atoms with Crippen LogP contribution in [0.4, 0.5) is 13.2 Å². The second kappa shape index (κ2) is 6.49. The van der Waals surface area contributed by atoms with E-state index in [1.165, 1.54) is 12.8 Å². The molecular weight excluding hydrogens is 311 g/mol. The van der Waals surface area contributed by atoms with Crippen molar-refractivity contribution in [2.45, 2.75) is 57.0 Å². The number of aromatic nitrogens is 2. The number of halogens is 3. The third-order valence-electron chi connectivity index (χ3n) is 4.74. The standard InChI is InChI=1S/C15H20F3N3O2/c16-15(17,18)14-20-19-13(23-14)11-6-3-7-21(9-11)12(22)8-10-4-1-2-5-10/h10-11H,1-9H2. The van der Waals surface area contributed by atoms with Crippen molar-refractivity contribution in [2.75, 3.05) is 13.1 Å². The second-order valence-corrected chi connectivity index (χ2v) is 6.48. The van der Waals surface area contributed by atoms with Crippen molar-refractivity contribution in [1.29, 1.82) is 0 Å². The number of nitrogens with zero attached hydrogens (tertiary/aromatic N) is 3. The van der Waals surface area contributed by atoms with Crippen molar-refractivity contribution >= 4 is 5.91 Å². The summed E-state index contributed by atoms with van der Waals surface area (Å²) in [5.41, 5.74) is 0. The molecule has 1 aromatic heterocycles. The lowest BCUT2D eigenvalue weighted by atomic mass is 9.96. The van der Waals surface area contributed by atoms with E-state index >= 15 is 0 Å². The van der Waals surface area contributed by atoms with Crippen LogP contribution in [0, 0.1) is 5.92 Å². The quantitative estimate of drug-likeness (QED) is 0.852. The SMILES string of the molecule is O=C(CC1CCCC1)N1CCCC(c2nnc(C(F)(F)F)o2)C1. The first kappa shape index (κ1) is 16.3. The maximum absolute atomic E-state index is 12.5. The van der Waals surface area contributed by atoms with Gasteiger partial charge in [0.1, 0.15) is 0 Å². The molecule has 1 aliphatic carbocycles. The Bertz CT molecular complexity index is 552. The minimum absolute atomic E-state index is 0.0179. The van der Waals surface area contributed by atoms with Crippen LogP contribution in [-0.4, -0.2) is 34.1 Å². The largest absolute Gasteiger partial charge is 0.470 e. The Balaban J connectivity index is 1.61. The minimum atomic E-state index is -4.63. The molecule has 2 heterocycles. The molecule has 3 rings (SSSR count). The van der Waals surface area contributed by atoms with Crippen molar-refractivity contribution < 1.29 is 22.4 Å². The van der Waals surface area contributed by atoms with Crippen LogP contribution in [0.5, 0.6) is 0 Å². The number of rotatable bonds is 3. The lowest BCUT2D eigenvalue weighted by molar-refractivity contribution is -0.157. The highest BCUT2D eigenvalue weighted by atomic mass is 19.4. The monoisotopic (exact) mass is 331 g/mol. The number of hydrogen-bond acceptors (Lipinski definition) is 4. The molecule has 5 nitrogen and oxygen atoms in total. The van der Waals surface area contributed by atoms with Gasteiger partial charge in [0.2, 0.25) is 11.8 Å². The number of likely N-dealkylation sites (tertiary alicyclic amines) is 1. The summed E-state index contributed by atoms with van der Waals surface area (Å²) in [5.74, 6) is -1.09. The van der Waals surface area contributed by atoms with E-state index in [1.807, 2.05) is 0 Å². The fraction of sp³-hybridized carbons (Fsp3) is 0.800. The molecule has 0 aromatic carbocycles. The van der Waals surface area contributed by atoms with Gasteiger partial charge in [-0.25, -0.2) is 0 Å². The fourth-order valence-corrected chi connectivity index (χ4v) is 3.51. The Morgan fingerprint density at radius 1 is 1.17 bits per heavy atom. The van der Waals surface area contributed by atoms with E-state index in [9.17, 15) is 18.0 Å². The molecule has 1 atom stereocenters. The van der Waals surface area contributed by atoms with E-state index in [-0.39, 0.29) is 17.7 Å². The summed E-state index contributed by atoms with van der Waals surface area (Å²) in [5, 5.41) is 6.60. The molecule has 8 heteroatoms. The number of carbonyl (C=O) groups excluding carboxylic acids is 1. The predicted molar refractivity (Wildman–Crippen MR) is 74.4 cm³/mol. The van der Waals surface area contributed by atoms with E-state index in [0.29, 0.717) is 31.8 Å². The van der Waals surface area contributed by atoms with Gasteiger partial charge in [-0.3, -0.25) is 4.79 Å². The molecule has 1 saturated heterocycles. The Kier molecular flexibility index (Phi) is 4.59. The van der Waals surface area contributed by atoms with Crippen LogP contribution in [0.15, 0.2) is 4.42 Å². The molecule has 1 amide bonds. The topological polar surface area (TPSA) is 59.2 Å². The first-order valence-electron chi connectivity index (χ1n) is 8.12. The Morgan fingerprint density at radius 3 is 2.57 bits per heavy atom. The van der Waals surface area contributed by atoms with Gasteiger partial charge in [0.25, 0.3) is 0 Å². The smallest absolute Gasteiger partial charge is 0.417 e. The summed E-state index contributed by atoms with van der Waals surface area (Å²) in [4.78, 5) is 14.1. The molecule has 0 bridgehead atoms. The van der Waals surface area contributed by atoms with Gasteiger partial charge >= 0.3 is 12.1 Å². The minimum Gasteiger partial charge on any atom is -0.417 e. The number of carbonyl (C=O) groups is 1. The molecule has 0 radical (unpaired) electrons. The molecule has 0 N–H and O–H groups in total. The normalized spacial score (nSPS) is 23.4. The van der Waals surface area contributed by atoms with Gasteiger partial charge in [0.15, 0.2) is 0 Å². The predicted octanol–water partition coefficient (Wildman–Crippen LogP) is 3.37. The molecule has 1 aromatic rings. The average Bonchev–Trinajstić information content (AvgIpc) is 3.18. The number of hydrogen-bond donors (Lipinski definition) is 0. The molecule has 1 saturated carbocycles. The van der Waals surface area contributed by atoms with E-state index in [2.05, 4.69) is 10.2 Å². The average molecular weight is 331 g/mol. The lowest BCUT2D eigenvalue weighted by Gasteiger charge is -2.31. The molecule has 23 heavy (non-hydrogen) atoms. The fourth-order valence-electron chi connectivity index (χ4n) is 3.51. The van der Waals surface area contributed by atoms with Crippen LogP contribution in [0.25, 0.3) is 0 Å². The molecule has 2 aliphatic rings. The van der Waals surface area contributed by atoms with Crippen LogP contribution in [0.3, 0.4) is 0 Å². The Hall–Kier alpha value is -1.60. The maximum atomic E-state index is 12.5. The van der Waals surface area contributed by atoms with E-state index in [4.69, 9.17) is 4.42 Å². The molecule has 128 valence electrons. The first-order valence-corrected chi connectivity index (χ1v) is 8.12. The van der Waals surface area contributed by atoms with Crippen LogP contribution < -0.4 is 0 Å². The number of amides is 1. The van der Waals surface area contributed by atoms with Crippen molar-refractivity contribution in [1.82, 2.24) is 15.1 Å². The summed E-state index contributed by atoms with van der Waals surface area (Å²) >= 11 is 0. The van der Waals surface area contributed by atoms with Crippen molar-refractivity contribution in [3.8, 4) is 0 Å². The first-order chi connectivity index (χ1) is 10.9. The third kappa shape index (κ3) is 3.84. The van der Waals surface area contributed by atoms with Gasteiger partial charge in [-0.1, -0.05) is 12.8 Å². The van der Waals surface area contributed by atoms with Crippen LogP contribution in [0.1, 0.15) is 62.6 Å². The highest BCUT2D eigenvalue weighted by Gasteiger charge is 2.39. The van der Waals surface area contributed by atoms with Crippen molar-refractivity contribution in [3.63, 3.8) is 0 Å². The molecule has 2 fully saturated rings. The third-order valence-corrected chi connectivity index (χ3v) is 4.74. The zero-order chi connectivity index (χ0) is 16.4. The second-order valence-electron chi connectivity index (χ2n) is 6.48. The summed E-state index contributed by atoms with van der Waals surface area (Å²) in [6, 6.07) is 0. The van der Waals surface area contributed by atoms with Crippen LogP contribution >= 0.6 is 0 Å². The zero-order valence-electron chi connectivity index (χ0n) is 12.8. The van der Waals surface area contributed by atoms with Crippen molar-refractivity contribution in [3.05, 3.63) is 11.8 Å². The van der Waals surface area contributed by atoms with Crippen LogP contribution in [0.2, 0.25) is 0 Å². The summed E-state index contributed by atoms with van der Waals surface area (Å²) in [6.07, 6.45) is 1.88. The Morgan fingerprint density at radius 2 is 1.91 bits per heavy atom. The number of alkyl halides is 3. The Labute approximate surface area is 132 Å². The van der Waals surface area contributed by atoms with E-state index in [1.54, 1.807) is 4.90 Å². The molecule has 0 spiro atoms. The van der Waals surface area contributed by atoms with Gasteiger partial charge in [0.05, 0.1) is 5.92 Å². The van der Waals surface area contributed by atoms with Gasteiger partial charge in [-0.15, -0.1) is 10.2 Å². The van der Waals surface area contributed by atoms with E-state index < -0.39 is 12.1 Å². The summed E-state index contributed by atoms with van der Waals surface area (Å²) in [7, 11) is 0. The van der Waals surface area contributed by atoms with E-state index in [0.717, 1.165) is 19.3 Å². The van der Waals surface area contributed by atoms with Gasteiger partial charge in [-0.05, 0) is 31.6 Å². The molecular formula is C15H20F3N3O2. The summed E-state index contributed by atoms with van der Waals surface area (Å²) < 4.78 is 42.4. The van der Waals surface area contributed by atoms with Gasteiger partial charge < -0.3 is 9.32 Å². The lowest BCUT2D eigenvalue weighted by Crippen LogP contribution is -2.39. The maximum Gasteiger partial charge on any atom is 0.470 e. The summed E-state index contributed by atoms with van der Waals surface area (Å²) in [6.45, 7) is 1.02. The highest BCUT2D eigenvalue weighted by molar-refractivity contribution is 5.76. The molecule has 1 aliphatic heterocycles. The number of piperidine rings is 1.